The van der Waals surface area contributed by atoms with Gasteiger partial charge < -0.3 is 15.7 Å². The fourth-order valence-corrected chi connectivity index (χ4v) is 3.64. The van der Waals surface area contributed by atoms with Gasteiger partial charge in [-0.25, -0.2) is 0 Å². The molecule has 3 atom stereocenters. The van der Waals surface area contributed by atoms with E-state index in [2.05, 4.69) is 5.16 Å². The average molecular weight is 260 g/mol. The molecule has 1 aromatic carbocycles. The molecule has 2 fully saturated rings. The number of nitrogens with two attached hydrogens (primary N) is 1. The maximum atomic E-state index is 8.79. The molecule has 4 heteroatoms. The van der Waals surface area contributed by atoms with E-state index in [4.69, 9.17) is 15.7 Å². The van der Waals surface area contributed by atoms with Crippen LogP contribution in [-0.2, 0) is 0 Å². The van der Waals surface area contributed by atoms with Gasteiger partial charge in [-0.3, -0.25) is 0 Å². The van der Waals surface area contributed by atoms with Gasteiger partial charge in [-0.2, -0.15) is 0 Å². The van der Waals surface area contributed by atoms with Crippen molar-refractivity contribution >= 4 is 5.84 Å². The third kappa shape index (κ3) is 2.39. The first-order valence-electron chi connectivity index (χ1n) is 6.97. The largest absolute Gasteiger partial charge is 0.493 e. The number of hydrogen-bond acceptors (Lipinski definition) is 3. The maximum absolute atomic E-state index is 8.79. The molecule has 2 saturated carbocycles. The molecular weight excluding hydrogens is 240 g/mol. The average Bonchev–Trinajstić information content (AvgIpc) is 3.07. The Labute approximate surface area is 113 Å². The van der Waals surface area contributed by atoms with Gasteiger partial charge in [-0.1, -0.05) is 23.7 Å². The van der Waals surface area contributed by atoms with E-state index in [-0.39, 0.29) is 5.84 Å². The summed E-state index contributed by atoms with van der Waals surface area (Å²) in [6.45, 7) is 0.747. The van der Waals surface area contributed by atoms with Gasteiger partial charge in [0.2, 0.25) is 0 Å². The zero-order valence-corrected chi connectivity index (χ0v) is 11.0. The first-order valence-corrected chi connectivity index (χ1v) is 6.97. The lowest BCUT2D eigenvalue weighted by atomic mass is 9.89. The highest BCUT2D eigenvalue weighted by atomic mass is 16.5. The van der Waals surface area contributed by atoms with Crippen molar-refractivity contribution in [2.24, 2.45) is 28.6 Å². The van der Waals surface area contributed by atoms with Crippen molar-refractivity contribution in [3.05, 3.63) is 29.8 Å². The Morgan fingerprint density at radius 3 is 2.84 bits per heavy atom. The minimum absolute atomic E-state index is 0.101. The first-order chi connectivity index (χ1) is 9.28. The summed E-state index contributed by atoms with van der Waals surface area (Å²) in [5.41, 5.74) is 6.32. The fraction of sp³-hybridized carbons (Fsp3) is 0.533. The number of rotatable bonds is 4. The Morgan fingerprint density at radius 1 is 1.32 bits per heavy atom. The lowest BCUT2D eigenvalue weighted by molar-refractivity contribution is 0.195. The van der Waals surface area contributed by atoms with Crippen LogP contribution >= 0.6 is 0 Å². The highest BCUT2D eigenvalue weighted by Gasteiger charge is 2.39. The Bertz CT molecular complexity index is 487. The molecule has 0 radical (unpaired) electrons. The van der Waals surface area contributed by atoms with Crippen LogP contribution in [0.5, 0.6) is 5.75 Å². The molecule has 2 aliphatic rings. The zero-order valence-electron chi connectivity index (χ0n) is 11.0. The number of nitrogens with zero attached hydrogens (tertiary/aromatic N) is 1. The second-order valence-electron chi connectivity index (χ2n) is 5.73. The SMILES string of the molecule is NC(=NO)c1ccccc1OCC1CC2CCC1C2. The molecule has 0 saturated heterocycles. The van der Waals surface area contributed by atoms with Gasteiger partial charge in [-0.15, -0.1) is 0 Å². The molecule has 0 spiro atoms. The Balaban J connectivity index is 1.67. The molecule has 4 nitrogen and oxygen atoms in total. The number of ether oxygens (including phenoxy) is 1. The van der Waals surface area contributed by atoms with Crippen LogP contribution in [0.4, 0.5) is 0 Å². The molecule has 2 bridgehead atoms. The van der Waals surface area contributed by atoms with Crippen molar-refractivity contribution in [2.75, 3.05) is 6.61 Å². The van der Waals surface area contributed by atoms with E-state index in [0.717, 1.165) is 18.4 Å². The summed E-state index contributed by atoms with van der Waals surface area (Å²) in [6, 6.07) is 7.45. The molecular formula is C15H20N2O2. The summed E-state index contributed by atoms with van der Waals surface area (Å²) in [5.74, 6) is 3.27. The van der Waals surface area contributed by atoms with E-state index in [1.54, 1.807) is 0 Å². The van der Waals surface area contributed by atoms with Crippen molar-refractivity contribution in [2.45, 2.75) is 25.7 Å². The smallest absolute Gasteiger partial charge is 0.173 e. The second kappa shape index (κ2) is 5.11. The molecule has 3 unspecified atom stereocenters. The zero-order chi connectivity index (χ0) is 13.2. The summed E-state index contributed by atoms with van der Waals surface area (Å²) in [4.78, 5) is 0. The van der Waals surface area contributed by atoms with Crippen LogP contribution in [0.2, 0.25) is 0 Å². The number of oxime groups is 1. The molecule has 0 amide bonds. The Morgan fingerprint density at radius 2 is 2.16 bits per heavy atom. The molecule has 102 valence electrons. The lowest BCUT2D eigenvalue weighted by Crippen LogP contribution is -2.20. The van der Waals surface area contributed by atoms with Gasteiger partial charge in [0.1, 0.15) is 5.75 Å². The molecule has 19 heavy (non-hydrogen) atoms. The highest BCUT2D eigenvalue weighted by molar-refractivity contribution is 5.99. The van der Waals surface area contributed by atoms with Crippen LogP contribution < -0.4 is 10.5 Å². The molecule has 0 aliphatic heterocycles. The van der Waals surface area contributed by atoms with Crippen LogP contribution in [0.1, 0.15) is 31.2 Å². The van der Waals surface area contributed by atoms with E-state index in [0.29, 0.717) is 17.2 Å². The molecule has 0 aromatic heterocycles. The molecule has 2 aliphatic carbocycles. The minimum Gasteiger partial charge on any atom is -0.493 e. The van der Waals surface area contributed by atoms with Crippen molar-refractivity contribution in [3.63, 3.8) is 0 Å². The minimum atomic E-state index is 0.101. The van der Waals surface area contributed by atoms with Gasteiger partial charge in [0, 0.05) is 0 Å². The van der Waals surface area contributed by atoms with E-state index >= 15 is 0 Å². The van der Waals surface area contributed by atoms with Gasteiger partial charge in [0.15, 0.2) is 5.84 Å². The maximum Gasteiger partial charge on any atom is 0.173 e. The summed E-state index contributed by atoms with van der Waals surface area (Å²) < 4.78 is 5.92. The van der Waals surface area contributed by atoms with Crippen LogP contribution in [0.3, 0.4) is 0 Å². The van der Waals surface area contributed by atoms with Gasteiger partial charge in [0.05, 0.1) is 12.2 Å². The van der Waals surface area contributed by atoms with Crippen LogP contribution in [-0.4, -0.2) is 17.6 Å². The summed E-state index contributed by atoms with van der Waals surface area (Å²) >= 11 is 0. The van der Waals surface area contributed by atoms with Crippen molar-refractivity contribution < 1.29 is 9.94 Å². The Kier molecular flexibility index (Phi) is 3.32. The first kappa shape index (κ1) is 12.3. The molecule has 3 rings (SSSR count). The number of hydrogen-bond donors (Lipinski definition) is 2. The molecule has 1 aromatic rings. The van der Waals surface area contributed by atoms with Crippen molar-refractivity contribution in [1.29, 1.82) is 0 Å². The number of fused-ring (bicyclic) bond motifs is 2. The van der Waals surface area contributed by atoms with E-state index in [1.807, 2.05) is 24.3 Å². The third-order valence-corrected chi connectivity index (χ3v) is 4.61. The fourth-order valence-electron chi connectivity index (χ4n) is 3.64. The topological polar surface area (TPSA) is 67.8 Å². The third-order valence-electron chi connectivity index (χ3n) is 4.61. The number of benzene rings is 1. The van der Waals surface area contributed by atoms with E-state index < -0.39 is 0 Å². The normalized spacial score (nSPS) is 29.7. The monoisotopic (exact) mass is 260 g/mol. The standard InChI is InChI=1S/C15H20N2O2/c16-15(17-18)13-3-1-2-4-14(13)19-9-12-8-10-5-6-11(12)7-10/h1-4,10-12,18H,5-9H2,(H2,16,17). The lowest BCUT2D eigenvalue weighted by Gasteiger charge is -2.22. The van der Waals surface area contributed by atoms with Gasteiger partial charge >= 0.3 is 0 Å². The molecule has 0 heterocycles. The predicted molar refractivity (Wildman–Crippen MR) is 73.4 cm³/mol. The highest BCUT2D eigenvalue weighted by Crippen LogP contribution is 2.48. The summed E-state index contributed by atoms with van der Waals surface area (Å²) in [7, 11) is 0. The number of amidine groups is 1. The van der Waals surface area contributed by atoms with Gasteiger partial charge in [-0.05, 0) is 49.1 Å². The quantitative estimate of drug-likeness (QED) is 0.378. The van der Waals surface area contributed by atoms with Crippen LogP contribution in [0.15, 0.2) is 29.4 Å². The van der Waals surface area contributed by atoms with E-state index in [1.165, 1.54) is 25.7 Å². The summed E-state index contributed by atoms with van der Waals surface area (Å²) in [5, 5.41) is 11.8. The Hall–Kier alpha value is -1.71. The van der Waals surface area contributed by atoms with Gasteiger partial charge in [0.25, 0.3) is 0 Å². The second-order valence-corrected chi connectivity index (χ2v) is 5.73. The summed E-state index contributed by atoms with van der Waals surface area (Å²) in [6.07, 6.45) is 5.45. The predicted octanol–water partition coefficient (Wildman–Crippen LogP) is 2.60. The van der Waals surface area contributed by atoms with E-state index in [9.17, 15) is 0 Å². The van der Waals surface area contributed by atoms with Crippen molar-refractivity contribution in [1.82, 2.24) is 0 Å². The molecule has 3 N–H and O–H groups in total. The van der Waals surface area contributed by atoms with Crippen LogP contribution in [0, 0.1) is 17.8 Å². The van der Waals surface area contributed by atoms with Crippen molar-refractivity contribution in [3.8, 4) is 5.75 Å². The van der Waals surface area contributed by atoms with Crippen LogP contribution in [0.25, 0.3) is 0 Å². The number of para-hydroxylation sites is 1.